The molecule has 1 fully saturated rings. The maximum Gasteiger partial charge on any atom is 0.0447 e. The van der Waals surface area contributed by atoms with Crippen molar-refractivity contribution in [1.82, 2.24) is 10.3 Å². The zero-order valence-electron chi connectivity index (χ0n) is 7.66. The lowest BCUT2D eigenvalue weighted by atomic mass is 10.0. The highest BCUT2D eigenvalue weighted by Gasteiger charge is 2.17. The molecule has 1 aromatic rings. The standard InChI is InChI=1S/C10H15N3/c11-5-8-1-2-10(13-6-8)9-3-4-12-7-9/h1-2,6,9,12H,3-5,7,11H2. The minimum Gasteiger partial charge on any atom is -0.326 e. The van der Waals surface area contributed by atoms with E-state index in [-0.39, 0.29) is 0 Å². The quantitative estimate of drug-likeness (QED) is 0.696. The summed E-state index contributed by atoms with van der Waals surface area (Å²) in [6.45, 7) is 2.76. The molecule has 0 spiro atoms. The number of hydrogen-bond acceptors (Lipinski definition) is 3. The molecule has 13 heavy (non-hydrogen) atoms. The van der Waals surface area contributed by atoms with Gasteiger partial charge in [0.15, 0.2) is 0 Å². The lowest BCUT2D eigenvalue weighted by Gasteiger charge is -2.07. The van der Waals surface area contributed by atoms with Crippen LogP contribution < -0.4 is 11.1 Å². The summed E-state index contributed by atoms with van der Waals surface area (Å²) in [5, 5.41) is 3.33. The van der Waals surface area contributed by atoms with Gasteiger partial charge < -0.3 is 11.1 Å². The normalized spacial score (nSPS) is 22.1. The van der Waals surface area contributed by atoms with Crippen LogP contribution in [-0.2, 0) is 6.54 Å². The number of pyridine rings is 1. The van der Waals surface area contributed by atoms with Crippen LogP contribution in [0.25, 0.3) is 0 Å². The molecule has 1 saturated heterocycles. The fourth-order valence-corrected chi connectivity index (χ4v) is 1.71. The summed E-state index contributed by atoms with van der Waals surface area (Å²) in [4.78, 5) is 4.41. The molecule has 3 heteroatoms. The van der Waals surface area contributed by atoms with Gasteiger partial charge in [0.1, 0.15) is 0 Å². The Bertz CT molecular complexity index is 262. The molecule has 0 amide bonds. The molecular formula is C10H15N3. The average Bonchev–Trinajstić information content (AvgIpc) is 2.71. The molecule has 0 saturated carbocycles. The van der Waals surface area contributed by atoms with E-state index in [0.29, 0.717) is 12.5 Å². The Morgan fingerprint density at radius 1 is 1.54 bits per heavy atom. The summed E-state index contributed by atoms with van der Waals surface area (Å²) in [5.74, 6) is 0.604. The maximum absolute atomic E-state index is 5.50. The molecule has 70 valence electrons. The number of nitrogens with one attached hydrogen (secondary N) is 1. The molecule has 1 aliphatic heterocycles. The van der Waals surface area contributed by atoms with Crippen LogP contribution in [0.5, 0.6) is 0 Å². The molecule has 1 aliphatic rings. The van der Waals surface area contributed by atoms with Crippen molar-refractivity contribution in [1.29, 1.82) is 0 Å². The predicted molar refractivity (Wildman–Crippen MR) is 52.4 cm³/mol. The van der Waals surface area contributed by atoms with Crippen molar-refractivity contribution >= 4 is 0 Å². The first-order valence-corrected chi connectivity index (χ1v) is 4.76. The maximum atomic E-state index is 5.50. The first-order valence-electron chi connectivity index (χ1n) is 4.76. The van der Waals surface area contributed by atoms with Gasteiger partial charge in [0, 0.05) is 30.9 Å². The van der Waals surface area contributed by atoms with Crippen molar-refractivity contribution in [2.75, 3.05) is 13.1 Å². The molecule has 0 radical (unpaired) electrons. The first-order chi connectivity index (χ1) is 6.40. The fraction of sp³-hybridized carbons (Fsp3) is 0.500. The van der Waals surface area contributed by atoms with Crippen molar-refractivity contribution < 1.29 is 0 Å². The van der Waals surface area contributed by atoms with Gasteiger partial charge in [-0.3, -0.25) is 4.98 Å². The van der Waals surface area contributed by atoms with Crippen LogP contribution in [0.2, 0.25) is 0 Å². The summed E-state index contributed by atoms with van der Waals surface area (Å²) in [5.41, 5.74) is 7.80. The van der Waals surface area contributed by atoms with Crippen LogP contribution in [0.3, 0.4) is 0 Å². The zero-order valence-corrected chi connectivity index (χ0v) is 7.66. The summed E-state index contributed by atoms with van der Waals surface area (Å²) in [6.07, 6.45) is 3.09. The Kier molecular flexibility index (Phi) is 2.57. The molecule has 0 aliphatic carbocycles. The monoisotopic (exact) mass is 177 g/mol. The van der Waals surface area contributed by atoms with Gasteiger partial charge in [-0.05, 0) is 24.6 Å². The van der Waals surface area contributed by atoms with Gasteiger partial charge in [-0.25, -0.2) is 0 Å². The summed E-state index contributed by atoms with van der Waals surface area (Å²) in [6, 6.07) is 4.17. The Labute approximate surface area is 78.4 Å². The van der Waals surface area contributed by atoms with Crippen LogP contribution in [0.4, 0.5) is 0 Å². The van der Waals surface area contributed by atoms with Crippen LogP contribution in [0, 0.1) is 0 Å². The molecule has 3 N–H and O–H groups in total. The number of nitrogens with zero attached hydrogens (tertiary/aromatic N) is 1. The van der Waals surface area contributed by atoms with Crippen molar-refractivity contribution in [3.63, 3.8) is 0 Å². The van der Waals surface area contributed by atoms with Crippen molar-refractivity contribution in [3.8, 4) is 0 Å². The topological polar surface area (TPSA) is 50.9 Å². The van der Waals surface area contributed by atoms with Gasteiger partial charge in [-0.1, -0.05) is 6.07 Å². The van der Waals surface area contributed by atoms with E-state index in [0.717, 1.165) is 18.7 Å². The molecule has 1 atom stereocenters. The number of nitrogens with two attached hydrogens (primary N) is 1. The molecule has 2 rings (SSSR count). The van der Waals surface area contributed by atoms with E-state index in [1.54, 1.807) is 0 Å². The highest BCUT2D eigenvalue weighted by atomic mass is 14.9. The van der Waals surface area contributed by atoms with Crippen LogP contribution in [-0.4, -0.2) is 18.1 Å². The van der Waals surface area contributed by atoms with E-state index in [9.17, 15) is 0 Å². The van der Waals surface area contributed by atoms with E-state index in [1.807, 2.05) is 6.20 Å². The lowest BCUT2D eigenvalue weighted by Crippen LogP contribution is -2.09. The number of hydrogen-bond donors (Lipinski definition) is 2. The Balaban J connectivity index is 2.12. The van der Waals surface area contributed by atoms with E-state index < -0.39 is 0 Å². The third kappa shape index (κ3) is 1.87. The molecule has 2 heterocycles. The van der Waals surface area contributed by atoms with Gasteiger partial charge >= 0.3 is 0 Å². The van der Waals surface area contributed by atoms with Crippen LogP contribution in [0.1, 0.15) is 23.6 Å². The number of aromatic nitrogens is 1. The van der Waals surface area contributed by atoms with E-state index in [2.05, 4.69) is 22.4 Å². The van der Waals surface area contributed by atoms with Gasteiger partial charge in [-0.2, -0.15) is 0 Å². The summed E-state index contributed by atoms with van der Waals surface area (Å²) >= 11 is 0. The summed E-state index contributed by atoms with van der Waals surface area (Å²) in [7, 11) is 0. The minimum atomic E-state index is 0.580. The smallest absolute Gasteiger partial charge is 0.0447 e. The van der Waals surface area contributed by atoms with Crippen molar-refractivity contribution in [2.45, 2.75) is 18.9 Å². The fourth-order valence-electron chi connectivity index (χ4n) is 1.71. The third-order valence-corrected chi connectivity index (χ3v) is 2.56. The van der Waals surface area contributed by atoms with Gasteiger partial charge in [0.2, 0.25) is 0 Å². The molecule has 0 aromatic carbocycles. The molecule has 0 bridgehead atoms. The van der Waals surface area contributed by atoms with Crippen LogP contribution >= 0.6 is 0 Å². The second-order valence-electron chi connectivity index (χ2n) is 3.49. The van der Waals surface area contributed by atoms with Gasteiger partial charge in [0.25, 0.3) is 0 Å². The molecular weight excluding hydrogens is 162 g/mol. The molecule has 3 nitrogen and oxygen atoms in total. The third-order valence-electron chi connectivity index (χ3n) is 2.56. The van der Waals surface area contributed by atoms with Gasteiger partial charge in [-0.15, -0.1) is 0 Å². The van der Waals surface area contributed by atoms with Crippen molar-refractivity contribution in [3.05, 3.63) is 29.6 Å². The highest BCUT2D eigenvalue weighted by molar-refractivity contribution is 5.17. The zero-order chi connectivity index (χ0) is 9.10. The predicted octanol–water partition coefficient (Wildman–Crippen LogP) is 0.617. The Morgan fingerprint density at radius 2 is 2.46 bits per heavy atom. The van der Waals surface area contributed by atoms with E-state index in [4.69, 9.17) is 5.73 Å². The SMILES string of the molecule is NCc1ccc(C2CCNC2)nc1. The largest absolute Gasteiger partial charge is 0.326 e. The second-order valence-corrected chi connectivity index (χ2v) is 3.49. The molecule has 1 aromatic heterocycles. The first kappa shape index (κ1) is 8.66. The van der Waals surface area contributed by atoms with Crippen molar-refractivity contribution in [2.24, 2.45) is 5.73 Å². The van der Waals surface area contributed by atoms with E-state index >= 15 is 0 Å². The Morgan fingerprint density at radius 3 is 3.00 bits per heavy atom. The lowest BCUT2D eigenvalue weighted by molar-refractivity contribution is 0.733. The summed E-state index contributed by atoms with van der Waals surface area (Å²) < 4.78 is 0. The molecule has 1 unspecified atom stereocenters. The Hall–Kier alpha value is -0.930. The van der Waals surface area contributed by atoms with E-state index in [1.165, 1.54) is 12.1 Å². The van der Waals surface area contributed by atoms with Gasteiger partial charge in [0.05, 0.1) is 0 Å². The minimum absolute atomic E-state index is 0.580. The average molecular weight is 177 g/mol. The van der Waals surface area contributed by atoms with Crippen LogP contribution in [0.15, 0.2) is 18.3 Å². The highest BCUT2D eigenvalue weighted by Crippen LogP contribution is 2.19. The number of rotatable bonds is 2. The second kappa shape index (κ2) is 3.85.